The minimum Gasteiger partial charge on any atom is -0.380 e. The van der Waals surface area contributed by atoms with E-state index in [1.807, 2.05) is 6.07 Å². The molecule has 1 aliphatic rings. The van der Waals surface area contributed by atoms with Gasteiger partial charge in [-0.15, -0.1) is 0 Å². The second kappa shape index (κ2) is 6.96. The number of aryl methyl sites for hydroxylation is 2. The maximum Gasteiger partial charge on any atom is 0.256 e. The van der Waals surface area contributed by atoms with E-state index in [1.165, 1.54) is 6.33 Å². The molecule has 8 heteroatoms. The zero-order valence-corrected chi connectivity index (χ0v) is 14.0. The van der Waals surface area contributed by atoms with Crippen LogP contribution in [0.1, 0.15) is 28.2 Å². The summed E-state index contributed by atoms with van der Waals surface area (Å²) in [4.78, 5) is 22.8. The molecule has 3 heterocycles. The monoisotopic (exact) mass is 331 g/mol. The summed E-state index contributed by atoms with van der Waals surface area (Å²) in [5.74, 6) is 1.19. The van der Waals surface area contributed by atoms with Gasteiger partial charge in [0.15, 0.2) is 0 Å². The van der Waals surface area contributed by atoms with Gasteiger partial charge in [0, 0.05) is 26.4 Å². The van der Waals surface area contributed by atoms with E-state index in [-0.39, 0.29) is 18.1 Å². The van der Waals surface area contributed by atoms with Gasteiger partial charge in [0.05, 0.1) is 17.8 Å². The average Bonchev–Trinajstić information content (AvgIpc) is 3.16. The number of carbonyl (C=O) groups excluding carboxylic acids is 1. The Labute approximate surface area is 140 Å². The Bertz CT molecular complexity index is 683. The van der Waals surface area contributed by atoms with Crippen molar-refractivity contribution in [3.05, 3.63) is 35.6 Å². The first kappa shape index (κ1) is 16.4. The van der Waals surface area contributed by atoms with Gasteiger partial charge >= 0.3 is 0 Å². The molecule has 2 atom stereocenters. The van der Waals surface area contributed by atoms with Crippen LogP contribution in [0.15, 0.2) is 23.1 Å². The highest BCUT2D eigenvalue weighted by Crippen LogP contribution is 2.24. The SMILES string of the molecule is CO[C@@H]1C[C@H](CNC(=O)c2c(C)noc2C)N(c2ccncn2)C1. The maximum absolute atomic E-state index is 12.4. The highest BCUT2D eigenvalue weighted by atomic mass is 16.5. The summed E-state index contributed by atoms with van der Waals surface area (Å²) in [7, 11) is 1.70. The van der Waals surface area contributed by atoms with Crippen molar-refractivity contribution in [1.82, 2.24) is 20.4 Å². The van der Waals surface area contributed by atoms with Crippen LogP contribution < -0.4 is 10.2 Å². The molecular formula is C16H21N5O3. The smallest absolute Gasteiger partial charge is 0.256 e. The average molecular weight is 331 g/mol. The topological polar surface area (TPSA) is 93.4 Å². The summed E-state index contributed by atoms with van der Waals surface area (Å²) >= 11 is 0. The third-order valence-electron chi connectivity index (χ3n) is 4.33. The second-order valence-electron chi connectivity index (χ2n) is 5.88. The lowest BCUT2D eigenvalue weighted by Crippen LogP contribution is -2.40. The van der Waals surface area contributed by atoms with Gasteiger partial charge in [-0.25, -0.2) is 9.97 Å². The van der Waals surface area contributed by atoms with Gasteiger partial charge in [-0.05, 0) is 26.3 Å². The predicted molar refractivity (Wildman–Crippen MR) is 86.9 cm³/mol. The van der Waals surface area contributed by atoms with Crippen molar-refractivity contribution >= 4 is 11.7 Å². The molecule has 0 unspecified atom stereocenters. The zero-order chi connectivity index (χ0) is 17.1. The van der Waals surface area contributed by atoms with Crippen molar-refractivity contribution in [3.8, 4) is 0 Å². The molecule has 1 fully saturated rings. The van der Waals surface area contributed by atoms with E-state index >= 15 is 0 Å². The number of hydrogen-bond acceptors (Lipinski definition) is 7. The maximum atomic E-state index is 12.4. The van der Waals surface area contributed by atoms with Crippen molar-refractivity contribution < 1.29 is 14.1 Å². The van der Waals surface area contributed by atoms with E-state index in [1.54, 1.807) is 27.2 Å². The lowest BCUT2D eigenvalue weighted by Gasteiger charge is -2.25. The van der Waals surface area contributed by atoms with Crippen molar-refractivity contribution in [1.29, 1.82) is 0 Å². The normalized spacial score (nSPS) is 20.4. The number of aromatic nitrogens is 3. The van der Waals surface area contributed by atoms with Gasteiger partial charge in [0.1, 0.15) is 23.5 Å². The zero-order valence-electron chi connectivity index (χ0n) is 14.0. The Kier molecular flexibility index (Phi) is 4.75. The van der Waals surface area contributed by atoms with Crippen LogP contribution in [0.2, 0.25) is 0 Å². The van der Waals surface area contributed by atoms with Crippen LogP contribution in [0.4, 0.5) is 5.82 Å². The standard InChI is InChI=1S/C16H21N5O3/c1-10-15(11(2)24-20-10)16(22)18-7-12-6-13(23-3)8-21(12)14-4-5-17-9-19-14/h4-5,9,12-13H,6-8H2,1-3H3,(H,18,22)/t12-,13-/m1/s1. The Morgan fingerprint density at radius 2 is 2.33 bits per heavy atom. The number of hydrogen-bond donors (Lipinski definition) is 1. The van der Waals surface area contributed by atoms with Crippen molar-refractivity contribution in [2.45, 2.75) is 32.4 Å². The fourth-order valence-corrected chi connectivity index (χ4v) is 3.08. The molecule has 0 spiro atoms. The second-order valence-corrected chi connectivity index (χ2v) is 5.88. The van der Waals surface area contributed by atoms with E-state index in [2.05, 4.69) is 25.3 Å². The molecule has 0 aromatic carbocycles. The number of carbonyl (C=O) groups is 1. The third-order valence-corrected chi connectivity index (χ3v) is 4.33. The fourth-order valence-electron chi connectivity index (χ4n) is 3.08. The summed E-state index contributed by atoms with van der Waals surface area (Å²) in [5.41, 5.74) is 1.10. The van der Waals surface area contributed by atoms with Crippen LogP contribution in [-0.4, -0.2) is 53.4 Å². The summed E-state index contributed by atoms with van der Waals surface area (Å²) in [6, 6.07) is 1.97. The van der Waals surface area contributed by atoms with Crippen LogP contribution in [0, 0.1) is 13.8 Å². The molecule has 8 nitrogen and oxygen atoms in total. The van der Waals surface area contributed by atoms with Gasteiger partial charge in [0.2, 0.25) is 0 Å². The number of ether oxygens (including phenoxy) is 1. The predicted octanol–water partition coefficient (Wildman–Crippen LogP) is 1.11. The van der Waals surface area contributed by atoms with Crippen LogP contribution in [-0.2, 0) is 4.74 Å². The van der Waals surface area contributed by atoms with E-state index in [0.717, 1.165) is 18.8 Å². The third kappa shape index (κ3) is 3.23. The molecule has 1 saturated heterocycles. The summed E-state index contributed by atoms with van der Waals surface area (Å²) in [6.07, 6.45) is 4.17. The molecular weight excluding hydrogens is 310 g/mol. The Hall–Kier alpha value is -2.48. The molecule has 1 N–H and O–H groups in total. The number of amides is 1. The van der Waals surface area contributed by atoms with Crippen LogP contribution >= 0.6 is 0 Å². The van der Waals surface area contributed by atoms with Crippen molar-refractivity contribution in [2.75, 3.05) is 25.1 Å². The number of anilines is 1. The van der Waals surface area contributed by atoms with E-state index in [4.69, 9.17) is 9.26 Å². The molecule has 24 heavy (non-hydrogen) atoms. The highest BCUT2D eigenvalue weighted by molar-refractivity contribution is 5.96. The molecule has 2 aromatic rings. The number of nitrogens with one attached hydrogen (secondary N) is 1. The number of methoxy groups -OCH3 is 1. The molecule has 3 rings (SSSR count). The minimum atomic E-state index is -0.172. The van der Waals surface area contributed by atoms with Gasteiger partial charge in [-0.2, -0.15) is 0 Å². The molecule has 128 valence electrons. The van der Waals surface area contributed by atoms with Gasteiger partial charge in [-0.1, -0.05) is 5.16 Å². The molecule has 0 aliphatic carbocycles. The molecule has 2 aromatic heterocycles. The number of rotatable bonds is 5. The Balaban J connectivity index is 1.69. The lowest BCUT2D eigenvalue weighted by molar-refractivity contribution is 0.0944. The number of nitrogens with zero attached hydrogens (tertiary/aromatic N) is 4. The largest absolute Gasteiger partial charge is 0.380 e. The molecule has 0 bridgehead atoms. The van der Waals surface area contributed by atoms with E-state index in [0.29, 0.717) is 23.6 Å². The lowest BCUT2D eigenvalue weighted by atomic mass is 10.1. The minimum absolute atomic E-state index is 0.106. The quantitative estimate of drug-likeness (QED) is 0.877. The first-order valence-corrected chi connectivity index (χ1v) is 7.86. The van der Waals surface area contributed by atoms with Gasteiger partial charge < -0.3 is 19.5 Å². The van der Waals surface area contributed by atoms with Gasteiger partial charge in [0.25, 0.3) is 5.91 Å². The van der Waals surface area contributed by atoms with Crippen molar-refractivity contribution in [2.24, 2.45) is 0 Å². The fraction of sp³-hybridized carbons (Fsp3) is 0.500. The Morgan fingerprint density at radius 1 is 1.50 bits per heavy atom. The van der Waals surface area contributed by atoms with Crippen LogP contribution in [0.5, 0.6) is 0 Å². The molecule has 0 saturated carbocycles. The van der Waals surface area contributed by atoms with E-state index < -0.39 is 0 Å². The summed E-state index contributed by atoms with van der Waals surface area (Å²) in [6.45, 7) is 4.72. The first-order valence-electron chi connectivity index (χ1n) is 7.86. The summed E-state index contributed by atoms with van der Waals surface area (Å²) < 4.78 is 10.5. The van der Waals surface area contributed by atoms with Crippen LogP contribution in [0.3, 0.4) is 0 Å². The highest BCUT2D eigenvalue weighted by Gasteiger charge is 2.33. The molecule has 1 aliphatic heterocycles. The van der Waals surface area contributed by atoms with Crippen molar-refractivity contribution in [3.63, 3.8) is 0 Å². The first-order chi connectivity index (χ1) is 11.6. The van der Waals surface area contributed by atoms with Gasteiger partial charge in [-0.3, -0.25) is 4.79 Å². The Morgan fingerprint density at radius 3 is 2.96 bits per heavy atom. The van der Waals surface area contributed by atoms with E-state index in [9.17, 15) is 4.79 Å². The molecule has 1 amide bonds. The summed E-state index contributed by atoms with van der Waals surface area (Å²) in [5, 5.41) is 6.80. The van der Waals surface area contributed by atoms with Crippen LogP contribution in [0.25, 0.3) is 0 Å². The molecule has 0 radical (unpaired) electrons.